The van der Waals surface area contributed by atoms with Crippen LogP contribution in [0.3, 0.4) is 0 Å². The van der Waals surface area contributed by atoms with Crippen molar-refractivity contribution in [3.05, 3.63) is 69.7 Å². The first kappa shape index (κ1) is 22.1. The summed E-state index contributed by atoms with van der Waals surface area (Å²) in [5, 5.41) is 5.84. The zero-order valence-corrected chi connectivity index (χ0v) is 19.8. The highest BCUT2D eigenvalue weighted by molar-refractivity contribution is 9.10. The molecule has 0 bridgehead atoms. The molecule has 0 aliphatic carbocycles. The number of benzene rings is 2. The lowest BCUT2D eigenvalue weighted by Crippen LogP contribution is -2.14. The molecule has 0 fully saturated rings. The largest absolute Gasteiger partial charge is 0.494 e. The van der Waals surface area contributed by atoms with Crippen LogP contribution in [0, 0.1) is 0 Å². The van der Waals surface area contributed by atoms with Gasteiger partial charge in [0.15, 0.2) is 5.76 Å². The molecule has 0 aliphatic heterocycles. The SMILES string of the molecule is CCOC(=O)c1c(-c2ccc(OCC)cc2)csc1NC(=O)c1cc2cc(Br)ccc2o1. The van der Waals surface area contributed by atoms with E-state index in [-0.39, 0.29) is 12.4 Å². The number of carbonyl (C=O) groups excluding carboxylic acids is 2. The molecule has 2 heterocycles. The van der Waals surface area contributed by atoms with Crippen LogP contribution in [0.15, 0.2) is 62.8 Å². The van der Waals surface area contributed by atoms with Crippen molar-refractivity contribution in [1.82, 2.24) is 0 Å². The van der Waals surface area contributed by atoms with Gasteiger partial charge in [0.25, 0.3) is 5.91 Å². The fourth-order valence-corrected chi connectivity index (χ4v) is 4.59. The summed E-state index contributed by atoms with van der Waals surface area (Å²) in [7, 11) is 0. The topological polar surface area (TPSA) is 77.8 Å². The van der Waals surface area contributed by atoms with Crippen LogP contribution in [0.5, 0.6) is 5.75 Å². The highest BCUT2D eigenvalue weighted by atomic mass is 79.9. The minimum Gasteiger partial charge on any atom is -0.494 e. The summed E-state index contributed by atoms with van der Waals surface area (Å²) in [6, 6.07) is 14.6. The van der Waals surface area contributed by atoms with E-state index in [1.807, 2.05) is 48.7 Å². The van der Waals surface area contributed by atoms with E-state index in [4.69, 9.17) is 13.9 Å². The zero-order valence-electron chi connectivity index (χ0n) is 17.4. The van der Waals surface area contributed by atoms with Gasteiger partial charge in [-0.25, -0.2) is 4.79 Å². The van der Waals surface area contributed by atoms with E-state index in [2.05, 4.69) is 21.2 Å². The van der Waals surface area contributed by atoms with Crippen molar-refractivity contribution >= 4 is 55.1 Å². The van der Waals surface area contributed by atoms with E-state index >= 15 is 0 Å². The lowest BCUT2D eigenvalue weighted by molar-refractivity contribution is 0.0529. The third kappa shape index (κ3) is 4.56. The Balaban J connectivity index is 1.66. The number of amides is 1. The molecule has 1 amide bonds. The van der Waals surface area contributed by atoms with E-state index in [1.54, 1.807) is 19.1 Å². The molecule has 8 heteroatoms. The summed E-state index contributed by atoms with van der Waals surface area (Å²) in [5.74, 6) is -0.0393. The van der Waals surface area contributed by atoms with Gasteiger partial charge in [-0.3, -0.25) is 4.79 Å². The standard InChI is InChI=1S/C24H20BrNO5S/c1-3-29-17-8-5-14(6-9-17)18-13-32-23(21(18)24(28)30-4-2)26-22(27)20-12-15-11-16(25)7-10-19(15)31-20/h5-13H,3-4H2,1-2H3,(H,26,27). The third-order valence-corrected chi connectivity index (χ3v) is 6.06. The van der Waals surface area contributed by atoms with Crippen molar-refractivity contribution in [3.63, 3.8) is 0 Å². The molecule has 0 aliphatic rings. The van der Waals surface area contributed by atoms with Gasteiger partial charge in [0, 0.05) is 20.8 Å². The normalized spacial score (nSPS) is 10.8. The van der Waals surface area contributed by atoms with Crippen LogP contribution in [-0.2, 0) is 4.74 Å². The second-order valence-electron chi connectivity index (χ2n) is 6.78. The van der Waals surface area contributed by atoms with E-state index in [9.17, 15) is 9.59 Å². The van der Waals surface area contributed by atoms with Crippen LogP contribution in [0.25, 0.3) is 22.1 Å². The second-order valence-corrected chi connectivity index (χ2v) is 8.57. The highest BCUT2D eigenvalue weighted by Crippen LogP contribution is 2.37. The lowest BCUT2D eigenvalue weighted by atomic mass is 10.0. The zero-order chi connectivity index (χ0) is 22.7. The maximum atomic E-state index is 12.9. The maximum Gasteiger partial charge on any atom is 0.341 e. The third-order valence-electron chi connectivity index (χ3n) is 4.68. The number of anilines is 1. The Bertz CT molecular complexity index is 1280. The van der Waals surface area contributed by atoms with Gasteiger partial charge in [-0.1, -0.05) is 28.1 Å². The van der Waals surface area contributed by atoms with Gasteiger partial charge in [0.1, 0.15) is 21.9 Å². The minimum atomic E-state index is -0.499. The number of carbonyl (C=O) groups is 2. The maximum absolute atomic E-state index is 12.9. The summed E-state index contributed by atoms with van der Waals surface area (Å²) in [5.41, 5.74) is 2.42. The first-order chi connectivity index (χ1) is 15.5. The Kier molecular flexibility index (Phi) is 6.62. The Morgan fingerprint density at radius 2 is 1.84 bits per heavy atom. The Morgan fingerprint density at radius 3 is 2.56 bits per heavy atom. The lowest BCUT2D eigenvalue weighted by Gasteiger charge is -2.09. The summed E-state index contributed by atoms with van der Waals surface area (Å²) in [6.45, 7) is 4.46. The number of esters is 1. The summed E-state index contributed by atoms with van der Waals surface area (Å²) < 4.78 is 17.3. The van der Waals surface area contributed by atoms with Crippen molar-refractivity contribution in [1.29, 1.82) is 0 Å². The van der Waals surface area contributed by atoms with E-state index in [1.165, 1.54) is 11.3 Å². The van der Waals surface area contributed by atoms with Crippen molar-refractivity contribution < 1.29 is 23.5 Å². The first-order valence-corrected chi connectivity index (χ1v) is 11.7. The molecule has 0 saturated carbocycles. The number of fused-ring (bicyclic) bond motifs is 1. The number of nitrogens with one attached hydrogen (secondary N) is 1. The number of hydrogen-bond donors (Lipinski definition) is 1. The first-order valence-electron chi connectivity index (χ1n) is 10.0. The van der Waals surface area contributed by atoms with Crippen LogP contribution in [-0.4, -0.2) is 25.1 Å². The van der Waals surface area contributed by atoms with E-state index < -0.39 is 11.9 Å². The van der Waals surface area contributed by atoms with Crippen molar-refractivity contribution in [2.45, 2.75) is 13.8 Å². The van der Waals surface area contributed by atoms with Gasteiger partial charge >= 0.3 is 5.97 Å². The Morgan fingerprint density at radius 1 is 1.06 bits per heavy atom. The fourth-order valence-electron chi connectivity index (χ4n) is 3.26. The van der Waals surface area contributed by atoms with Gasteiger partial charge in [-0.15, -0.1) is 11.3 Å². The highest BCUT2D eigenvalue weighted by Gasteiger charge is 2.24. The Labute approximate surface area is 197 Å². The van der Waals surface area contributed by atoms with E-state index in [0.717, 1.165) is 21.2 Å². The number of halogens is 1. The molecule has 0 atom stereocenters. The molecule has 4 rings (SSSR count). The number of ether oxygens (including phenoxy) is 2. The molecule has 4 aromatic rings. The quantitative estimate of drug-likeness (QED) is 0.276. The molecule has 32 heavy (non-hydrogen) atoms. The molecule has 0 radical (unpaired) electrons. The van der Waals surface area contributed by atoms with Gasteiger partial charge in [-0.2, -0.15) is 0 Å². The van der Waals surface area contributed by atoms with Crippen LogP contribution in [0.2, 0.25) is 0 Å². The van der Waals surface area contributed by atoms with Crippen LogP contribution in [0.4, 0.5) is 5.00 Å². The second kappa shape index (κ2) is 9.58. The summed E-state index contributed by atoms with van der Waals surface area (Å²) in [4.78, 5) is 25.7. The molecule has 0 spiro atoms. The van der Waals surface area contributed by atoms with Gasteiger partial charge < -0.3 is 19.2 Å². The predicted molar refractivity (Wildman–Crippen MR) is 129 cm³/mol. The molecular weight excluding hydrogens is 494 g/mol. The average Bonchev–Trinajstić information content (AvgIpc) is 3.38. The monoisotopic (exact) mass is 513 g/mol. The minimum absolute atomic E-state index is 0.156. The summed E-state index contributed by atoms with van der Waals surface area (Å²) >= 11 is 4.67. The summed E-state index contributed by atoms with van der Waals surface area (Å²) in [6.07, 6.45) is 0. The van der Waals surface area contributed by atoms with Crippen molar-refractivity contribution in [2.24, 2.45) is 0 Å². The fraction of sp³-hybridized carbons (Fsp3) is 0.167. The molecule has 6 nitrogen and oxygen atoms in total. The van der Waals surface area contributed by atoms with Crippen LogP contribution < -0.4 is 10.1 Å². The van der Waals surface area contributed by atoms with Crippen LogP contribution in [0.1, 0.15) is 34.8 Å². The van der Waals surface area contributed by atoms with E-state index in [0.29, 0.717) is 28.3 Å². The van der Waals surface area contributed by atoms with Crippen molar-refractivity contribution in [3.8, 4) is 16.9 Å². The number of thiophene rings is 1. The molecule has 1 N–H and O–H groups in total. The molecular formula is C24H20BrNO5S. The molecule has 0 unspecified atom stereocenters. The number of hydrogen-bond acceptors (Lipinski definition) is 6. The predicted octanol–water partition coefficient (Wildman–Crippen LogP) is 6.75. The molecule has 2 aromatic carbocycles. The molecule has 164 valence electrons. The smallest absolute Gasteiger partial charge is 0.341 e. The number of furan rings is 1. The van der Waals surface area contributed by atoms with Gasteiger partial charge in [0.05, 0.1) is 13.2 Å². The van der Waals surface area contributed by atoms with Gasteiger partial charge in [-0.05, 0) is 55.8 Å². The van der Waals surface area contributed by atoms with Crippen molar-refractivity contribution in [2.75, 3.05) is 18.5 Å². The van der Waals surface area contributed by atoms with Crippen LogP contribution >= 0.6 is 27.3 Å². The number of rotatable bonds is 7. The average molecular weight is 514 g/mol. The molecule has 0 saturated heterocycles. The van der Waals surface area contributed by atoms with Gasteiger partial charge in [0.2, 0.25) is 0 Å². The Hall–Kier alpha value is -3.10. The molecule has 2 aromatic heterocycles.